The van der Waals surface area contributed by atoms with Gasteiger partial charge >= 0.3 is 6.09 Å². The molecule has 3 aromatic rings. The molecule has 0 bridgehead atoms. The average molecular weight is 625 g/mol. The van der Waals surface area contributed by atoms with Crippen molar-refractivity contribution in [3.8, 4) is 11.1 Å². The van der Waals surface area contributed by atoms with Crippen molar-refractivity contribution in [3.05, 3.63) is 45.9 Å². The van der Waals surface area contributed by atoms with Gasteiger partial charge in [0.2, 0.25) is 11.8 Å². The normalized spacial score (nSPS) is 22.6. The molecule has 9 nitrogen and oxygen atoms in total. The highest BCUT2D eigenvalue weighted by atomic mass is 35.5. The van der Waals surface area contributed by atoms with Crippen LogP contribution in [0.2, 0.25) is 5.02 Å². The topological polar surface area (TPSA) is 103 Å². The van der Waals surface area contributed by atoms with Crippen LogP contribution in [0, 0.1) is 0 Å². The Labute approximate surface area is 260 Å². The summed E-state index contributed by atoms with van der Waals surface area (Å²) in [5.74, 6) is -0.274. The van der Waals surface area contributed by atoms with E-state index in [9.17, 15) is 19.5 Å². The summed E-state index contributed by atoms with van der Waals surface area (Å²) in [6.45, 7) is 8.77. The van der Waals surface area contributed by atoms with Crippen molar-refractivity contribution in [3.63, 3.8) is 0 Å². The molecule has 43 heavy (non-hydrogen) atoms. The van der Waals surface area contributed by atoms with E-state index in [1.165, 1.54) is 16.2 Å². The molecule has 1 N–H and O–H groups in total. The first-order valence-corrected chi connectivity index (χ1v) is 16.0. The lowest BCUT2D eigenvalue weighted by molar-refractivity contribution is -0.139. The maximum absolute atomic E-state index is 13.3. The Morgan fingerprint density at radius 3 is 2.60 bits per heavy atom. The van der Waals surface area contributed by atoms with Crippen LogP contribution in [0.5, 0.6) is 0 Å². The summed E-state index contributed by atoms with van der Waals surface area (Å²) >= 11 is 8.26. The van der Waals surface area contributed by atoms with Crippen LogP contribution in [-0.4, -0.2) is 74.7 Å². The van der Waals surface area contributed by atoms with Crippen molar-refractivity contribution in [2.24, 2.45) is 0 Å². The number of thiophene rings is 1. The van der Waals surface area contributed by atoms with Gasteiger partial charge in [-0.2, -0.15) is 0 Å². The summed E-state index contributed by atoms with van der Waals surface area (Å²) in [6.07, 6.45) is 4.30. The molecule has 228 valence electrons. The molecule has 3 aliphatic rings. The van der Waals surface area contributed by atoms with E-state index in [1.54, 1.807) is 11.1 Å². The summed E-state index contributed by atoms with van der Waals surface area (Å²) in [4.78, 5) is 48.7. The van der Waals surface area contributed by atoms with E-state index >= 15 is 0 Å². The fourth-order valence-corrected chi connectivity index (χ4v) is 8.00. The van der Waals surface area contributed by atoms with Gasteiger partial charge in [0, 0.05) is 64.9 Å². The first-order valence-electron chi connectivity index (χ1n) is 14.8. The zero-order valence-corrected chi connectivity index (χ0v) is 26.6. The lowest BCUT2D eigenvalue weighted by Crippen LogP contribution is -2.49. The van der Waals surface area contributed by atoms with Gasteiger partial charge in [-0.15, -0.1) is 11.3 Å². The molecule has 0 radical (unpaired) electrons. The molecule has 11 heteroatoms. The van der Waals surface area contributed by atoms with Gasteiger partial charge < -0.3 is 14.7 Å². The number of hydrogen-bond acceptors (Lipinski definition) is 8. The Morgan fingerprint density at radius 2 is 1.91 bits per heavy atom. The number of aliphatic hydroxyl groups excluding tert-OH is 1. The largest absolute Gasteiger partial charge is 0.444 e. The van der Waals surface area contributed by atoms with Gasteiger partial charge in [-0.05, 0) is 76.8 Å². The van der Waals surface area contributed by atoms with E-state index in [2.05, 4.69) is 9.88 Å². The fraction of sp³-hybridized carbons (Fsp3) is 0.500. The van der Waals surface area contributed by atoms with Crippen LogP contribution in [0.25, 0.3) is 21.3 Å². The van der Waals surface area contributed by atoms with Gasteiger partial charge in [-0.25, -0.2) is 4.79 Å². The second-order valence-electron chi connectivity index (χ2n) is 13.0. The van der Waals surface area contributed by atoms with Crippen LogP contribution < -0.4 is 4.90 Å². The SMILES string of the molecule is CC(C)(C)OC(=O)N1C[C@@H](N2CCCc3cc(Cl)cc(-c4ccnc5cc(CN6C(=O)CCC6=O)sc45)c32)C[C@@]1(C)CO. The third-order valence-electron chi connectivity index (χ3n) is 8.62. The minimum absolute atomic E-state index is 0.0351. The Balaban J connectivity index is 1.39. The number of carbonyl (C=O) groups is 3. The lowest BCUT2D eigenvalue weighted by Gasteiger charge is -2.38. The van der Waals surface area contributed by atoms with E-state index in [-0.39, 0.29) is 43.8 Å². The monoisotopic (exact) mass is 624 g/mol. The molecule has 2 fully saturated rings. The average Bonchev–Trinajstić information content (AvgIpc) is 3.62. The van der Waals surface area contributed by atoms with Crippen molar-refractivity contribution >= 4 is 56.7 Å². The van der Waals surface area contributed by atoms with Gasteiger partial charge in [0.05, 0.1) is 28.9 Å². The quantitative estimate of drug-likeness (QED) is 0.359. The molecule has 2 atom stereocenters. The van der Waals surface area contributed by atoms with Gasteiger partial charge in [-0.1, -0.05) is 11.6 Å². The smallest absolute Gasteiger partial charge is 0.410 e. The number of carbonyl (C=O) groups excluding carboxylic acids is 3. The van der Waals surface area contributed by atoms with Gasteiger partial charge in [0.15, 0.2) is 0 Å². The van der Waals surface area contributed by atoms with Crippen molar-refractivity contribution < 1.29 is 24.2 Å². The summed E-state index contributed by atoms with van der Waals surface area (Å²) < 4.78 is 6.70. The molecule has 2 saturated heterocycles. The maximum Gasteiger partial charge on any atom is 0.410 e. The Bertz CT molecular complexity index is 1600. The van der Waals surface area contributed by atoms with E-state index in [1.807, 2.05) is 52.0 Å². The zero-order valence-electron chi connectivity index (χ0n) is 25.0. The number of imide groups is 1. The highest BCUT2D eigenvalue weighted by Crippen LogP contribution is 2.46. The van der Waals surface area contributed by atoms with Crippen LogP contribution in [0.4, 0.5) is 10.5 Å². The standard InChI is InChI=1S/C32H37ClN4O5S/c1-31(2,3)42-30(41)37-16-21(15-32(37,4)18-38)35-11-5-6-19-12-20(33)13-24(28(19)35)23-9-10-34-25-14-22(43-29(23)25)17-36-26(39)7-8-27(36)40/h9-10,12-14,21,38H,5-8,11,15-18H2,1-4H3/t21-,32-/m0/s1. The van der Waals surface area contributed by atoms with Gasteiger partial charge in [0.25, 0.3) is 0 Å². The van der Waals surface area contributed by atoms with Crippen LogP contribution >= 0.6 is 22.9 Å². The van der Waals surface area contributed by atoms with Crippen molar-refractivity contribution in [2.75, 3.05) is 24.6 Å². The molecule has 3 amide bonds. The number of aromatic nitrogens is 1. The number of ether oxygens (including phenoxy) is 1. The van der Waals surface area contributed by atoms with Crippen LogP contribution in [-0.2, 0) is 27.3 Å². The number of rotatable bonds is 5. The molecule has 1 aromatic carbocycles. The number of nitrogens with zero attached hydrogens (tertiary/aromatic N) is 4. The third-order valence-corrected chi connectivity index (χ3v) is 9.98. The summed E-state index contributed by atoms with van der Waals surface area (Å²) in [5.41, 5.74) is 3.60. The second kappa shape index (κ2) is 11.1. The molecule has 0 unspecified atom stereocenters. The molecular formula is C32H37ClN4O5S. The number of amides is 3. The summed E-state index contributed by atoms with van der Waals surface area (Å²) in [5, 5.41) is 11.1. The van der Waals surface area contributed by atoms with Gasteiger partial charge in [0.1, 0.15) is 5.60 Å². The highest BCUT2D eigenvalue weighted by Gasteiger charge is 2.48. The fourth-order valence-electron chi connectivity index (χ4n) is 6.62. The maximum atomic E-state index is 13.3. The minimum atomic E-state index is -0.756. The number of anilines is 1. The Hall–Kier alpha value is -3.21. The first-order chi connectivity index (χ1) is 20.4. The Kier molecular flexibility index (Phi) is 7.67. The van der Waals surface area contributed by atoms with E-state index < -0.39 is 17.2 Å². The number of hydrogen-bond donors (Lipinski definition) is 1. The number of aliphatic hydroxyl groups is 1. The van der Waals surface area contributed by atoms with E-state index in [0.29, 0.717) is 18.0 Å². The second-order valence-corrected chi connectivity index (χ2v) is 14.6. The van der Waals surface area contributed by atoms with Gasteiger partial charge in [-0.3, -0.25) is 24.4 Å². The Morgan fingerprint density at radius 1 is 1.16 bits per heavy atom. The predicted molar refractivity (Wildman–Crippen MR) is 167 cm³/mol. The van der Waals surface area contributed by atoms with Crippen molar-refractivity contribution in [1.29, 1.82) is 0 Å². The van der Waals surface area contributed by atoms with Crippen LogP contribution in [0.3, 0.4) is 0 Å². The zero-order chi connectivity index (χ0) is 30.7. The third kappa shape index (κ3) is 5.60. The number of aryl methyl sites for hydroxylation is 1. The van der Waals surface area contributed by atoms with E-state index in [4.69, 9.17) is 16.3 Å². The van der Waals surface area contributed by atoms with Crippen molar-refractivity contribution in [1.82, 2.24) is 14.8 Å². The summed E-state index contributed by atoms with van der Waals surface area (Å²) in [7, 11) is 0. The molecule has 0 saturated carbocycles. The molecule has 5 heterocycles. The van der Waals surface area contributed by atoms with Crippen LogP contribution in [0.15, 0.2) is 30.5 Å². The first kappa shape index (κ1) is 29.8. The minimum Gasteiger partial charge on any atom is -0.444 e. The van der Waals surface area contributed by atoms with E-state index in [0.717, 1.165) is 56.9 Å². The number of halogens is 1. The number of benzene rings is 1. The lowest BCUT2D eigenvalue weighted by atomic mass is 9.91. The van der Waals surface area contributed by atoms with Crippen molar-refractivity contribution in [2.45, 2.75) is 83.5 Å². The number of fused-ring (bicyclic) bond motifs is 2. The molecular weight excluding hydrogens is 588 g/mol. The number of pyridine rings is 1. The summed E-state index contributed by atoms with van der Waals surface area (Å²) in [6, 6.07) is 7.94. The highest BCUT2D eigenvalue weighted by molar-refractivity contribution is 7.19. The molecule has 3 aliphatic heterocycles. The molecule has 0 spiro atoms. The predicted octanol–water partition coefficient (Wildman–Crippen LogP) is 5.78. The molecule has 6 rings (SSSR count). The molecule has 2 aromatic heterocycles. The van der Waals surface area contributed by atoms with Crippen LogP contribution in [0.1, 0.15) is 63.8 Å². The number of likely N-dealkylation sites (tertiary alicyclic amines) is 2. The molecule has 0 aliphatic carbocycles.